The first-order chi connectivity index (χ1) is 15.3. The largest absolute Gasteiger partial charge is 0.488 e. The van der Waals surface area contributed by atoms with Crippen molar-refractivity contribution in [3.05, 3.63) is 29.6 Å². The lowest BCUT2D eigenvalue weighted by Crippen LogP contribution is -2.33. The molecule has 2 aliphatic rings. The summed E-state index contributed by atoms with van der Waals surface area (Å²) in [6, 6.07) is 3.54. The molecule has 0 aromatic heterocycles. The zero-order chi connectivity index (χ0) is 24.4. The molecule has 10 heteroatoms. The van der Waals surface area contributed by atoms with Gasteiger partial charge < -0.3 is 14.7 Å². The fourth-order valence-corrected chi connectivity index (χ4v) is 6.12. The Kier molecular flexibility index (Phi) is 7.38. The van der Waals surface area contributed by atoms with Gasteiger partial charge in [-0.15, -0.1) is 0 Å². The molecule has 0 bridgehead atoms. The minimum atomic E-state index is -3.33. The van der Waals surface area contributed by atoms with Gasteiger partial charge in [-0.3, -0.25) is 10.1 Å². The van der Waals surface area contributed by atoms with Crippen LogP contribution in [0.1, 0.15) is 58.4 Å². The fraction of sp³-hybridized carbons (Fsp3) is 0.652. The molecule has 3 rings (SSSR count). The summed E-state index contributed by atoms with van der Waals surface area (Å²) in [6.07, 6.45) is 3.13. The quantitative estimate of drug-likeness (QED) is 0.348. The van der Waals surface area contributed by atoms with E-state index in [2.05, 4.69) is 5.32 Å². The van der Waals surface area contributed by atoms with Crippen molar-refractivity contribution in [3.63, 3.8) is 0 Å². The van der Waals surface area contributed by atoms with Crippen molar-refractivity contribution in [3.8, 4) is 5.75 Å². The number of sulfone groups is 1. The summed E-state index contributed by atoms with van der Waals surface area (Å²) < 4.78 is 45.1. The highest BCUT2D eigenvalue weighted by atomic mass is 32.2. The number of aliphatic hydroxyl groups is 1. The van der Waals surface area contributed by atoms with Crippen LogP contribution in [-0.2, 0) is 20.0 Å². The van der Waals surface area contributed by atoms with Gasteiger partial charge in [0.25, 0.3) is 5.91 Å². The zero-order valence-corrected chi connectivity index (χ0v) is 20.2. The minimum absolute atomic E-state index is 0.00334. The van der Waals surface area contributed by atoms with Crippen LogP contribution in [0.15, 0.2) is 18.2 Å². The van der Waals surface area contributed by atoms with Gasteiger partial charge in [-0.25, -0.2) is 17.6 Å². The summed E-state index contributed by atoms with van der Waals surface area (Å²) in [7, 11) is -3.33. The van der Waals surface area contributed by atoms with E-state index < -0.39 is 38.7 Å². The number of benzene rings is 1. The lowest BCUT2D eigenvalue weighted by molar-refractivity contribution is -0.121. The van der Waals surface area contributed by atoms with Crippen LogP contribution in [0.4, 0.5) is 9.18 Å². The van der Waals surface area contributed by atoms with Gasteiger partial charge in [0.1, 0.15) is 12.6 Å². The van der Waals surface area contributed by atoms with E-state index in [0.29, 0.717) is 38.6 Å². The molecule has 1 saturated carbocycles. The predicted molar refractivity (Wildman–Crippen MR) is 121 cm³/mol. The zero-order valence-electron chi connectivity index (χ0n) is 19.4. The van der Waals surface area contributed by atoms with Crippen molar-refractivity contribution in [2.75, 3.05) is 24.7 Å². The van der Waals surface area contributed by atoms with Crippen LogP contribution in [0.3, 0.4) is 0 Å². The summed E-state index contributed by atoms with van der Waals surface area (Å²) in [5.74, 6) is -0.817. The molecule has 1 atom stereocenters. The molecule has 0 spiro atoms. The molecule has 2 fully saturated rings. The highest BCUT2D eigenvalue weighted by Gasteiger charge is 2.47. The summed E-state index contributed by atoms with van der Waals surface area (Å²) in [5, 5.41) is 12.1. The smallest absolute Gasteiger partial charge is 0.324 e. The standard InChI is InChI=1S/C23H33FN2O6S/c1-16-20(27)25-21(28)26(16)11-5-4-6-12-33(30,31)15-23(9-10-23)17-7-8-18(24)19(13-17)32-14-22(2,3)29/h7-8,13,16,29H,4-6,9-12,14-15H2,1-3H3,(H,25,27,28). The Morgan fingerprint density at radius 2 is 1.94 bits per heavy atom. The van der Waals surface area contributed by atoms with Gasteiger partial charge in [0.05, 0.1) is 17.1 Å². The third-order valence-corrected chi connectivity index (χ3v) is 8.07. The van der Waals surface area contributed by atoms with Crippen molar-refractivity contribution >= 4 is 21.8 Å². The van der Waals surface area contributed by atoms with Gasteiger partial charge >= 0.3 is 6.03 Å². The first-order valence-corrected chi connectivity index (χ1v) is 13.1. The van der Waals surface area contributed by atoms with E-state index in [1.165, 1.54) is 11.0 Å². The molecule has 0 radical (unpaired) electrons. The second-order valence-electron chi connectivity index (χ2n) is 9.84. The number of nitrogens with one attached hydrogen (secondary N) is 1. The average molecular weight is 485 g/mol. The lowest BCUT2D eigenvalue weighted by Gasteiger charge is -2.20. The van der Waals surface area contributed by atoms with Gasteiger partial charge in [0.2, 0.25) is 0 Å². The lowest BCUT2D eigenvalue weighted by atomic mass is 9.98. The van der Waals surface area contributed by atoms with E-state index in [0.717, 1.165) is 5.56 Å². The number of carbonyl (C=O) groups is 2. The molecule has 33 heavy (non-hydrogen) atoms. The van der Waals surface area contributed by atoms with E-state index in [1.807, 2.05) is 0 Å². The normalized spacial score (nSPS) is 20.2. The van der Waals surface area contributed by atoms with Crippen LogP contribution < -0.4 is 10.1 Å². The fourth-order valence-electron chi connectivity index (χ4n) is 4.03. The molecule has 1 heterocycles. The van der Waals surface area contributed by atoms with E-state index in [9.17, 15) is 27.5 Å². The molecule has 184 valence electrons. The number of amides is 3. The minimum Gasteiger partial charge on any atom is -0.488 e. The number of unbranched alkanes of at least 4 members (excludes halogenated alkanes) is 2. The number of urea groups is 1. The maximum Gasteiger partial charge on any atom is 0.324 e. The van der Waals surface area contributed by atoms with Crippen molar-refractivity contribution < 1.29 is 32.2 Å². The summed E-state index contributed by atoms with van der Waals surface area (Å²) in [6.45, 7) is 5.11. The molecular weight excluding hydrogens is 451 g/mol. The van der Waals surface area contributed by atoms with Crippen LogP contribution in [0.5, 0.6) is 5.75 Å². The molecule has 1 aliphatic heterocycles. The third kappa shape index (κ3) is 6.66. The number of nitrogens with zero attached hydrogens (tertiary/aromatic N) is 1. The molecule has 1 saturated heterocycles. The Hall–Kier alpha value is -2.20. The molecule has 1 aromatic rings. The molecule has 1 unspecified atom stereocenters. The number of hydrogen-bond donors (Lipinski definition) is 2. The molecule has 3 amide bonds. The summed E-state index contributed by atoms with van der Waals surface area (Å²) >= 11 is 0. The number of rotatable bonds is 12. The van der Waals surface area contributed by atoms with Crippen molar-refractivity contribution in [2.45, 2.75) is 69.9 Å². The van der Waals surface area contributed by atoms with E-state index in [1.54, 1.807) is 32.9 Å². The topological polar surface area (TPSA) is 113 Å². The maximum atomic E-state index is 14.1. The number of carbonyl (C=O) groups excluding carboxylic acids is 2. The van der Waals surface area contributed by atoms with Crippen LogP contribution in [0.2, 0.25) is 0 Å². The van der Waals surface area contributed by atoms with E-state index >= 15 is 0 Å². The second kappa shape index (κ2) is 9.58. The molecule has 1 aromatic carbocycles. The third-order valence-electron chi connectivity index (χ3n) is 6.17. The van der Waals surface area contributed by atoms with Crippen molar-refractivity contribution in [2.24, 2.45) is 0 Å². The maximum absolute atomic E-state index is 14.1. The van der Waals surface area contributed by atoms with Crippen LogP contribution in [0.25, 0.3) is 0 Å². The van der Waals surface area contributed by atoms with Gasteiger partial charge in [0, 0.05) is 12.0 Å². The van der Waals surface area contributed by atoms with Gasteiger partial charge in [-0.05, 0) is 64.2 Å². The first-order valence-electron chi connectivity index (χ1n) is 11.3. The molecule has 2 N–H and O–H groups in total. The Morgan fingerprint density at radius 1 is 1.24 bits per heavy atom. The Bertz CT molecular complexity index is 1000. The number of imide groups is 1. The van der Waals surface area contributed by atoms with E-state index in [4.69, 9.17) is 4.74 Å². The summed E-state index contributed by atoms with van der Waals surface area (Å²) in [5.41, 5.74) is -0.908. The highest BCUT2D eigenvalue weighted by Crippen LogP contribution is 2.50. The van der Waals surface area contributed by atoms with Gasteiger partial charge in [0.15, 0.2) is 21.4 Å². The average Bonchev–Trinajstić information content (AvgIpc) is 3.43. The molecular formula is C23H33FN2O6S. The highest BCUT2D eigenvalue weighted by molar-refractivity contribution is 7.91. The molecule has 1 aliphatic carbocycles. The van der Waals surface area contributed by atoms with Crippen LogP contribution in [0, 0.1) is 5.82 Å². The van der Waals surface area contributed by atoms with E-state index in [-0.39, 0.29) is 29.8 Å². The number of ether oxygens (including phenoxy) is 1. The Labute approximate surface area is 194 Å². The van der Waals surface area contributed by atoms with Crippen molar-refractivity contribution in [1.82, 2.24) is 10.2 Å². The SMILES string of the molecule is CC1C(=O)NC(=O)N1CCCCCS(=O)(=O)CC1(c2ccc(F)c(OCC(C)(C)O)c2)CC1. The first kappa shape index (κ1) is 25.4. The Morgan fingerprint density at radius 3 is 2.52 bits per heavy atom. The van der Waals surface area contributed by atoms with Gasteiger partial charge in [-0.1, -0.05) is 12.5 Å². The van der Waals surface area contributed by atoms with Crippen LogP contribution in [-0.4, -0.2) is 66.7 Å². The number of hydrogen-bond acceptors (Lipinski definition) is 6. The van der Waals surface area contributed by atoms with Crippen molar-refractivity contribution in [1.29, 1.82) is 0 Å². The number of halogens is 1. The van der Waals surface area contributed by atoms with Crippen LogP contribution >= 0.6 is 0 Å². The second-order valence-corrected chi connectivity index (χ2v) is 12.0. The Balaban J connectivity index is 1.51. The monoisotopic (exact) mass is 484 g/mol. The van der Waals surface area contributed by atoms with Gasteiger partial charge in [-0.2, -0.15) is 0 Å². The summed E-state index contributed by atoms with van der Waals surface area (Å²) in [4.78, 5) is 24.7. The predicted octanol–water partition coefficient (Wildman–Crippen LogP) is 2.53. The molecule has 8 nitrogen and oxygen atoms in total.